The lowest BCUT2D eigenvalue weighted by Crippen LogP contribution is -2.45. The summed E-state index contributed by atoms with van der Waals surface area (Å²) in [5, 5.41) is 18.4. The zero-order valence-electron chi connectivity index (χ0n) is 12.1. The van der Waals surface area contributed by atoms with Gasteiger partial charge < -0.3 is 14.9 Å². The first-order chi connectivity index (χ1) is 10.5. The number of rotatable bonds is 3. The van der Waals surface area contributed by atoms with E-state index in [9.17, 15) is 9.90 Å². The topological polar surface area (TPSA) is 74.5 Å². The lowest BCUT2D eigenvalue weighted by Gasteiger charge is -2.32. The predicted molar refractivity (Wildman–Crippen MR) is 83.0 cm³/mol. The number of aromatic carboxylic acids is 1. The molecular formula is C14H16ClN5O2. The van der Waals surface area contributed by atoms with Gasteiger partial charge in [0.25, 0.3) is 0 Å². The van der Waals surface area contributed by atoms with Crippen molar-refractivity contribution in [3.05, 3.63) is 35.0 Å². The molecule has 2 aromatic rings. The molecule has 1 fully saturated rings. The summed E-state index contributed by atoms with van der Waals surface area (Å²) in [5.74, 6) is -0.678. The van der Waals surface area contributed by atoms with Crippen LogP contribution in [0.3, 0.4) is 0 Å². The fourth-order valence-electron chi connectivity index (χ4n) is 2.38. The molecule has 8 heteroatoms. The summed E-state index contributed by atoms with van der Waals surface area (Å²) in [5.41, 5.74) is 0.597. The van der Waals surface area contributed by atoms with Crippen LogP contribution in [0.1, 0.15) is 10.5 Å². The van der Waals surface area contributed by atoms with E-state index in [1.54, 1.807) is 24.3 Å². The van der Waals surface area contributed by atoms with E-state index in [2.05, 4.69) is 15.1 Å². The maximum Gasteiger partial charge on any atom is 0.360 e. The molecule has 0 spiro atoms. The second-order valence-corrected chi connectivity index (χ2v) is 5.67. The molecule has 0 aliphatic carbocycles. The van der Waals surface area contributed by atoms with E-state index in [1.807, 2.05) is 11.9 Å². The smallest absolute Gasteiger partial charge is 0.360 e. The van der Waals surface area contributed by atoms with E-state index in [1.165, 1.54) is 4.80 Å². The largest absolute Gasteiger partial charge is 0.476 e. The number of hydrogen-bond donors (Lipinski definition) is 1. The van der Waals surface area contributed by atoms with Crippen LogP contribution >= 0.6 is 11.6 Å². The number of carboxylic acids is 1. The standard InChI is InChI=1S/C14H16ClN5O2/c1-18-5-7-19(8-6-18)13-12(14(21)22)16-20(17-13)11-4-2-3-10(15)9-11/h2-4,9H,5-8H2,1H3,(H,21,22). The first-order valence-electron chi connectivity index (χ1n) is 6.94. The highest BCUT2D eigenvalue weighted by atomic mass is 35.5. The fourth-order valence-corrected chi connectivity index (χ4v) is 2.57. The third-order valence-electron chi connectivity index (χ3n) is 3.64. The molecule has 1 aromatic carbocycles. The Balaban J connectivity index is 1.97. The Morgan fingerprint density at radius 2 is 1.95 bits per heavy atom. The van der Waals surface area contributed by atoms with Crippen molar-refractivity contribution in [2.45, 2.75) is 0 Å². The van der Waals surface area contributed by atoms with Crippen LogP contribution in [0.2, 0.25) is 5.02 Å². The van der Waals surface area contributed by atoms with E-state index >= 15 is 0 Å². The SMILES string of the molecule is CN1CCN(c2nn(-c3cccc(Cl)c3)nc2C(=O)O)CC1. The molecule has 1 N–H and O–H groups in total. The number of likely N-dealkylation sites (N-methyl/N-ethyl adjacent to an activating group) is 1. The molecule has 116 valence electrons. The average Bonchev–Trinajstić information content (AvgIpc) is 2.93. The molecule has 2 heterocycles. The van der Waals surface area contributed by atoms with Crippen molar-refractivity contribution in [1.29, 1.82) is 0 Å². The number of halogens is 1. The Bertz CT molecular complexity index is 694. The van der Waals surface area contributed by atoms with Gasteiger partial charge in [-0.15, -0.1) is 15.0 Å². The Hall–Kier alpha value is -2.12. The van der Waals surface area contributed by atoms with Crippen molar-refractivity contribution in [3.8, 4) is 5.69 Å². The number of aromatic nitrogens is 3. The van der Waals surface area contributed by atoms with Gasteiger partial charge >= 0.3 is 5.97 Å². The van der Waals surface area contributed by atoms with Gasteiger partial charge in [-0.1, -0.05) is 17.7 Å². The third-order valence-corrected chi connectivity index (χ3v) is 3.88. The van der Waals surface area contributed by atoms with Crippen LogP contribution in [-0.4, -0.2) is 64.2 Å². The minimum Gasteiger partial charge on any atom is -0.476 e. The molecule has 0 atom stereocenters. The number of carboxylic acid groups (broad SMARTS) is 1. The van der Waals surface area contributed by atoms with Gasteiger partial charge in [-0.25, -0.2) is 4.79 Å². The van der Waals surface area contributed by atoms with Gasteiger partial charge in [0.05, 0.1) is 5.69 Å². The van der Waals surface area contributed by atoms with E-state index in [-0.39, 0.29) is 5.69 Å². The quantitative estimate of drug-likeness (QED) is 0.920. The second-order valence-electron chi connectivity index (χ2n) is 5.24. The third kappa shape index (κ3) is 2.90. The van der Waals surface area contributed by atoms with Crippen LogP contribution in [-0.2, 0) is 0 Å². The monoisotopic (exact) mass is 321 g/mol. The first kappa shape index (κ1) is 14.8. The van der Waals surface area contributed by atoms with Crippen molar-refractivity contribution < 1.29 is 9.90 Å². The summed E-state index contributed by atoms with van der Waals surface area (Å²) in [6, 6.07) is 7.00. The summed E-state index contributed by atoms with van der Waals surface area (Å²) >= 11 is 5.97. The van der Waals surface area contributed by atoms with E-state index in [0.29, 0.717) is 16.5 Å². The lowest BCUT2D eigenvalue weighted by molar-refractivity contribution is 0.0690. The fraction of sp³-hybridized carbons (Fsp3) is 0.357. The minimum atomic E-state index is -1.08. The Morgan fingerprint density at radius 3 is 2.59 bits per heavy atom. The molecule has 0 saturated carbocycles. The Kier molecular flexibility index (Phi) is 4.00. The van der Waals surface area contributed by atoms with Gasteiger partial charge in [0.15, 0.2) is 5.82 Å². The molecule has 3 rings (SSSR count). The second kappa shape index (κ2) is 5.94. The Morgan fingerprint density at radius 1 is 1.23 bits per heavy atom. The van der Waals surface area contributed by atoms with Crippen LogP contribution < -0.4 is 4.90 Å². The zero-order valence-corrected chi connectivity index (χ0v) is 12.9. The molecule has 0 amide bonds. The lowest BCUT2D eigenvalue weighted by atomic mass is 10.3. The number of anilines is 1. The van der Waals surface area contributed by atoms with Gasteiger partial charge in [0.2, 0.25) is 5.69 Å². The van der Waals surface area contributed by atoms with Gasteiger partial charge in [-0.05, 0) is 25.2 Å². The minimum absolute atomic E-state index is 0.0375. The molecule has 22 heavy (non-hydrogen) atoms. The highest BCUT2D eigenvalue weighted by Crippen LogP contribution is 2.21. The molecule has 1 saturated heterocycles. The average molecular weight is 322 g/mol. The number of piperazine rings is 1. The normalized spacial score (nSPS) is 16.0. The van der Waals surface area contributed by atoms with Crippen molar-refractivity contribution in [2.24, 2.45) is 0 Å². The number of nitrogens with zero attached hydrogens (tertiary/aromatic N) is 5. The molecule has 1 aliphatic heterocycles. The number of carbonyl (C=O) groups is 1. The van der Waals surface area contributed by atoms with Crippen LogP contribution in [0.15, 0.2) is 24.3 Å². The molecule has 0 unspecified atom stereocenters. The van der Waals surface area contributed by atoms with Crippen LogP contribution in [0, 0.1) is 0 Å². The van der Waals surface area contributed by atoms with Gasteiger partial charge in [0.1, 0.15) is 0 Å². The molecule has 0 radical (unpaired) electrons. The van der Waals surface area contributed by atoms with E-state index < -0.39 is 5.97 Å². The highest BCUT2D eigenvalue weighted by Gasteiger charge is 2.25. The molecule has 7 nitrogen and oxygen atoms in total. The summed E-state index contributed by atoms with van der Waals surface area (Å²) in [4.78, 5) is 16.9. The maximum absolute atomic E-state index is 11.5. The first-order valence-corrected chi connectivity index (χ1v) is 7.32. The maximum atomic E-state index is 11.5. The van der Waals surface area contributed by atoms with Crippen LogP contribution in [0.25, 0.3) is 5.69 Å². The van der Waals surface area contributed by atoms with Crippen LogP contribution in [0.5, 0.6) is 0 Å². The predicted octanol–water partition coefficient (Wildman–Crippen LogP) is 1.37. The summed E-state index contributed by atoms with van der Waals surface area (Å²) in [6.07, 6.45) is 0. The molecule has 0 bridgehead atoms. The van der Waals surface area contributed by atoms with Crippen molar-refractivity contribution in [2.75, 3.05) is 38.1 Å². The van der Waals surface area contributed by atoms with Crippen molar-refractivity contribution >= 4 is 23.4 Å². The summed E-state index contributed by atoms with van der Waals surface area (Å²) < 4.78 is 0. The van der Waals surface area contributed by atoms with Crippen molar-refractivity contribution in [3.63, 3.8) is 0 Å². The zero-order chi connectivity index (χ0) is 15.7. The molecular weight excluding hydrogens is 306 g/mol. The van der Waals surface area contributed by atoms with E-state index in [0.717, 1.165) is 26.2 Å². The molecule has 1 aromatic heterocycles. The Labute approximate surface area is 132 Å². The van der Waals surface area contributed by atoms with Gasteiger partial charge in [-0.2, -0.15) is 0 Å². The van der Waals surface area contributed by atoms with Gasteiger partial charge in [0, 0.05) is 31.2 Å². The highest BCUT2D eigenvalue weighted by molar-refractivity contribution is 6.30. The molecule has 1 aliphatic rings. The summed E-state index contributed by atoms with van der Waals surface area (Å²) in [7, 11) is 2.04. The van der Waals surface area contributed by atoms with Crippen molar-refractivity contribution in [1.82, 2.24) is 19.9 Å². The van der Waals surface area contributed by atoms with Crippen LogP contribution in [0.4, 0.5) is 5.82 Å². The summed E-state index contributed by atoms with van der Waals surface area (Å²) in [6.45, 7) is 3.18. The number of benzene rings is 1. The van der Waals surface area contributed by atoms with E-state index in [4.69, 9.17) is 11.6 Å². The van der Waals surface area contributed by atoms with Gasteiger partial charge in [-0.3, -0.25) is 0 Å². The number of hydrogen-bond acceptors (Lipinski definition) is 5.